The Labute approximate surface area is 109 Å². The standard InChI is InChI=1S/C13H12FN3O2/c1-8-3-4-9(14)10(5-8)16-12-7-15-6-11(17-12)13(18)19-2/h3-7H,1-2H3,(H,16,17). The molecule has 0 spiro atoms. The zero-order valence-electron chi connectivity index (χ0n) is 10.5. The molecule has 0 aliphatic heterocycles. The molecule has 0 aliphatic rings. The monoisotopic (exact) mass is 261 g/mol. The van der Waals surface area contributed by atoms with Crippen LogP contribution < -0.4 is 5.32 Å². The van der Waals surface area contributed by atoms with Crippen LogP contribution in [-0.4, -0.2) is 23.0 Å². The highest BCUT2D eigenvalue weighted by Crippen LogP contribution is 2.19. The largest absolute Gasteiger partial charge is 0.464 e. The number of benzene rings is 1. The summed E-state index contributed by atoms with van der Waals surface area (Å²) in [6, 6.07) is 4.66. The van der Waals surface area contributed by atoms with Gasteiger partial charge in [0.15, 0.2) is 5.69 Å². The van der Waals surface area contributed by atoms with Gasteiger partial charge >= 0.3 is 5.97 Å². The minimum Gasteiger partial charge on any atom is -0.464 e. The number of nitrogens with zero attached hydrogens (tertiary/aromatic N) is 2. The quantitative estimate of drug-likeness (QED) is 0.860. The molecule has 0 amide bonds. The van der Waals surface area contributed by atoms with Crippen molar-refractivity contribution in [2.24, 2.45) is 0 Å². The molecule has 6 heteroatoms. The summed E-state index contributed by atoms with van der Waals surface area (Å²) in [6.45, 7) is 1.85. The Morgan fingerprint density at radius 2 is 2.16 bits per heavy atom. The fraction of sp³-hybridized carbons (Fsp3) is 0.154. The summed E-state index contributed by atoms with van der Waals surface area (Å²) in [5.41, 5.74) is 1.23. The van der Waals surface area contributed by atoms with Gasteiger partial charge in [-0.2, -0.15) is 0 Å². The molecule has 1 aromatic carbocycles. The summed E-state index contributed by atoms with van der Waals surface area (Å²) >= 11 is 0. The molecule has 0 radical (unpaired) electrons. The molecule has 0 unspecified atom stereocenters. The molecule has 2 aromatic rings. The Morgan fingerprint density at radius 1 is 1.37 bits per heavy atom. The second-order valence-electron chi connectivity index (χ2n) is 3.89. The third kappa shape index (κ3) is 3.04. The molecular weight excluding hydrogens is 249 g/mol. The molecule has 0 atom stereocenters. The topological polar surface area (TPSA) is 64.1 Å². The fourth-order valence-corrected chi connectivity index (χ4v) is 1.50. The van der Waals surface area contributed by atoms with Gasteiger partial charge in [0.05, 0.1) is 25.2 Å². The zero-order chi connectivity index (χ0) is 13.8. The number of esters is 1. The number of carbonyl (C=O) groups is 1. The van der Waals surface area contributed by atoms with Gasteiger partial charge in [0.2, 0.25) is 0 Å². The average molecular weight is 261 g/mol. The van der Waals surface area contributed by atoms with Gasteiger partial charge in [0.1, 0.15) is 11.6 Å². The van der Waals surface area contributed by atoms with Crippen molar-refractivity contribution >= 4 is 17.5 Å². The van der Waals surface area contributed by atoms with Crippen LogP contribution in [0, 0.1) is 12.7 Å². The van der Waals surface area contributed by atoms with Crippen LogP contribution in [0.5, 0.6) is 0 Å². The summed E-state index contributed by atoms with van der Waals surface area (Å²) in [4.78, 5) is 19.2. The lowest BCUT2D eigenvalue weighted by Gasteiger charge is -2.08. The first-order valence-electron chi connectivity index (χ1n) is 5.53. The highest BCUT2D eigenvalue weighted by Gasteiger charge is 2.09. The molecule has 5 nitrogen and oxygen atoms in total. The predicted octanol–water partition coefficient (Wildman–Crippen LogP) is 2.45. The van der Waals surface area contributed by atoms with Crippen LogP contribution >= 0.6 is 0 Å². The van der Waals surface area contributed by atoms with Gasteiger partial charge in [-0.1, -0.05) is 6.07 Å². The van der Waals surface area contributed by atoms with E-state index in [9.17, 15) is 9.18 Å². The molecule has 98 valence electrons. The number of nitrogens with one attached hydrogen (secondary N) is 1. The predicted molar refractivity (Wildman–Crippen MR) is 67.8 cm³/mol. The third-order valence-corrected chi connectivity index (χ3v) is 2.41. The maximum Gasteiger partial charge on any atom is 0.358 e. The first-order valence-corrected chi connectivity index (χ1v) is 5.53. The SMILES string of the molecule is COC(=O)c1cncc(Nc2cc(C)ccc2F)n1. The van der Waals surface area contributed by atoms with Crippen molar-refractivity contribution in [2.45, 2.75) is 6.92 Å². The maximum atomic E-state index is 13.6. The second kappa shape index (κ2) is 5.43. The van der Waals surface area contributed by atoms with Crippen molar-refractivity contribution in [2.75, 3.05) is 12.4 Å². The Bertz CT molecular complexity index is 617. The second-order valence-corrected chi connectivity index (χ2v) is 3.89. The molecule has 19 heavy (non-hydrogen) atoms. The van der Waals surface area contributed by atoms with E-state index in [-0.39, 0.29) is 17.2 Å². The molecule has 0 saturated heterocycles. The number of rotatable bonds is 3. The van der Waals surface area contributed by atoms with E-state index in [1.165, 1.54) is 25.6 Å². The number of methoxy groups -OCH3 is 1. The van der Waals surface area contributed by atoms with Gasteiger partial charge in [-0.25, -0.2) is 14.2 Å². The minimum atomic E-state index is -0.596. The van der Waals surface area contributed by atoms with Crippen LogP contribution in [0.4, 0.5) is 15.9 Å². The molecule has 1 N–H and O–H groups in total. The average Bonchev–Trinajstić information content (AvgIpc) is 2.42. The van der Waals surface area contributed by atoms with Gasteiger partial charge in [0, 0.05) is 0 Å². The van der Waals surface area contributed by atoms with Crippen LogP contribution in [0.15, 0.2) is 30.6 Å². The molecule has 0 aliphatic carbocycles. The normalized spacial score (nSPS) is 10.1. The first-order chi connectivity index (χ1) is 9.10. The van der Waals surface area contributed by atoms with Crippen molar-refractivity contribution in [1.29, 1.82) is 0 Å². The molecule has 1 heterocycles. The number of halogens is 1. The summed E-state index contributed by atoms with van der Waals surface area (Å²) in [5, 5.41) is 2.78. The van der Waals surface area contributed by atoms with E-state index in [0.717, 1.165) is 5.56 Å². The number of carbonyl (C=O) groups excluding carboxylic acids is 1. The van der Waals surface area contributed by atoms with Crippen LogP contribution in [0.3, 0.4) is 0 Å². The number of hydrogen-bond acceptors (Lipinski definition) is 5. The van der Waals surface area contributed by atoms with Gasteiger partial charge < -0.3 is 10.1 Å². The van der Waals surface area contributed by atoms with Gasteiger partial charge in [0.25, 0.3) is 0 Å². The Hall–Kier alpha value is -2.50. The van der Waals surface area contributed by atoms with Gasteiger partial charge in [-0.3, -0.25) is 4.98 Å². The Morgan fingerprint density at radius 3 is 2.89 bits per heavy atom. The number of hydrogen-bond donors (Lipinski definition) is 1. The maximum absolute atomic E-state index is 13.6. The Kier molecular flexibility index (Phi) is 3.70. The number of anilines is 2. The Balaban J connectivity index is 2.28. The van der Waals surface area contributed by atoms with Crippen LogP contribution in [0.25, 0.3) is 0 Å². The lowest BCUT2D eigenvalue weighted by Crippen LogP contribution is -2.07. The molecule has 0 saturated carbocycles. The van der Waals surface area contributed by atoms with Crippen molar-refractivity contribution in [3.63, 3.8) is 0 Å². The van der Waals surface area contributed by atoms with E-state index in [2.05, 4.69) is 20.0 Å². The van der Waals surface area contributed by atoms with Crippen molar-refractivity contribution in [3.05, 3.63) is 47.7 Å². The first kappa shape index (κ1) is 12.9. The van der Waals surface area contributed by atoms with Gasteiger partial charge in [-0.15, -0.1) is 0 Å². The molecular formula is C13H12FN3O2. The van der Waals surface area contributed by atoms with Crippen molar-refractivity contribution < 1.29 is 13.9 Å². The molecule has 2 rings (SSSR count). The lowest BCUT2D eigenvalue weighted by atomic mass is 10.2. The molecule has 1 aromatic heterocycles. The van der Waals surface area contributed by atoms with E-state index >= 15 is 0 Å². The van der Waals surface area contributed by atoms with Crippen LogP contribution in [-0.2, 0) is 4.74 Å². The number of ether oxygens (including phenoxy) is 1. The van der Waals surface area contributed by atoms with Crippen LogP contribution in [0.2, 0.25) is 0 Å². The minimum absolute atomic E-state index is 0.0561. The summed E-state index contributed by atoms with van der Waals surface area (Å²) in [5.74, 6) is -0.732. The summed E-state index contributed by atoms with van der Waals surface area (Å²) < 4.78 is 18.1. The van der Waals surface area contributed by atoms with E-state index in [4.69, 9.17) is 0 Å². The van der Waals surface area contributed by atoms with E-state index in [0.29, 0.717) is 0 Å². The summed E-state index contributed by atoms with van der Waals surface area (Å²) in [7, 11) is 1.25. The zero-order valence-corrected chi connectivity index (χ0v) is 10.5. The van der Waals surface area contributed by atoms with E-state index in [1.54, 1.807) is 12.1 Å². The molecule has 0 fully saturated rings. The summed E-state index contributed by atoms with van der Waals surface area (Å²) in [6.07, 6.45) is 2.68. The van der Waals surface area contributed by atoms with E-state index in [1.807, 2.05) is 6.92 Å². The smallest absolute Gasteiger partial charge is 0.358 e. The highest BCUT2D eigenvalue weighted by molar-refractivity contribution is 5.87. The van der Waals surface area contributed by atoms with E-state index < -0.39 is 11.8 Å². The third-order valence-electron chi connectivity index (χ3n) is 2.41. The lowest BCUT2D eigenvalue weighted by molar-refractivity contribution is 0.0593. The van der Waals surface area contributed by atoms with Crippen molar-refractivity contribution in [1.82, 2.24) is 9.97 Å². The molecule has 0 bridgehead atoms. The highest BCUT2D eigenvalue weighted by atomic mass is 19.1. The number of aromatic nitrogens is 2. The van der Waals surface area contributed by atoms with Gasteiger partial charge in [-0.05, 0) is 24.6 Å². The number of aryl methyl sites for hydroxylation is 1. The van der Waals surface area contributed by atoms with Crippen LogP contribution in [0.1, 0.15) is 16.1 Å². The fourth-order valence-electron chi connectivity index (χ4n) is 1.50. The van der Waals surface area contributed by atoms with Crippen molar-refractivity contribution in [3.8, 4) is 0 Å².